The largest absolute Gasteiger partial charge is 0.365 e. The highest BCUT2D eigenvalue weighted by molar-refractivity contribution is 5.89. The van der Waals surface area contributed by atoms with Crippen LogP contribution in [0.15, 0.2) is 48.5 Å². The minimum absolute atomic E-state index is 0.784. The number of benzene rings is 2. The lowest BCUT2D eigenvalue weighted by Crippen LogP contribution is -1.93. The van der Waals surface area contributed by atoms with Gasteiger partial charge in [-0.1, -0.05) is 36.4 Å². The van der Waals surface area contributed by atoms with Gasteiger partial charge in [-0.05, 0) is 28.5 Å². The number of hydrogen-bond donors (Lipinski definition) is 1. The van der Waals surface area contributed by atoms with Crippen molar-refractivity contribution in [3.05, 3.63) is 54.1 Å². The second-order valence-corrected chi connectivity index (χ2v) is 3.35. The number of hydrogen-bond acceptors (Lipinski definition) is 3. The van der Waals surface area contributed by atoms with Crippen molar-refractivity contribution in [2.75, 3.05) is 0 Å². The first kappa shape index (κ1) is 10.4. The van der Waals surface area contributed by atoms with E-state index in [1.165, 1.54) is 6.08 Å². The molecule has 0 radical (unpaired) electrons. The maximum atomic E-state index is 10.7. The lowest BCUT2D eigenvalue weighted by atomic mass is 10.1. The van der Waals surface area contributed by atoms with Crippen LogP contribution in [-0.2, 0) is 9.68 Å². The van der Waals surface area contributed by atoms with E-state index < -0.39 is 5.97 Å². The van der Waals surface area contributed by atoms with Crippen molar-refractivity contribution < 1.29 is 14.9 Å². The first-order valence-corrected chi connectivity index (χ1v) is 4.82. The van der Waals surface area contributed by atoms with Gasteiger partial charge in [0, 0.05) is 6.08 Å². The van der Waals surface area contributed by atoms with E-state index in [4.69, 9.17) is 5.26 Å². The van der Waals surface area contributed by atoms with Gasteiger partial charge >= 0.3 is 5.97 Å². The van der Waals surface area contributed by atoms with Gasteiger partial charge in [0.2, 0.25) is 0 Å². The van der Waals surface area contributed by atoms with Gasteiger partial charge in [0.05, 0.1) is 0 Å². The second-order valence-electron chi connectivity index (χ2n) is 3.35. The van der Waals surface area contributed by atoms with Crippen LogP contribution in [0.1, 0.15) is 5.56 Å². The molecule has 80 valence electrons. The zero-order valence-corrected chi connectivity index (χ0v) is 8.46. The van der Waals surface area contributed by atoms with Crippen LogP contribution in [0.25, 0.3) is 16.8 Å². The molecule has 0 saturated carbocycles. The molecule has 0 aromatic heterocycles. The topological polar surface area (TPSA) is 46.5 Å². The van der Waals surface area contributed by atoms with Gasteiger partial charge in [0.1, 0.15) is 0 Å². The fourth-order valence-corrected chi connectivity index (χ4v) is 1.51. The van der Waals surface area contributed by atoms with Gasteiger partial charge in [-0.25, -0.2) is 4.79 Å². The van der Waals surface area contributed by atoms with Crippen molar-refractivity contribution in [3.8, 4) is 0 Å². The third-order valence-corrected chi connectivity index (χ3v) is 2.28. The van der Waals surface area contributed by atoms with Crippen molar-refractivity contribution in [2.24, 2.45) is 0 Å². The number of carbonyl (C=O) groups excluding carboxylic acids is 1. The van der Waals surface area contributed by atoms with Gasteiger partial charge in [0.25, 0.3) is 0 Å². The summed E-state index contributed by atoms with van der Waals surface area (Å²) < 4.78 is 0. The summed E-state index contributed by atoms with van der Waals surface area (Å²) in [6.45, 7) is 0. The van der Waals surface area contributed by atoms with Crippen LogP contribution in [0.3, 0.4) is 0 Å². The Hall–Kier alpha value is -2.13. The number of fused-ring (bicyclic) bond motifs is 1. The maximum absolute atomic E-state index is 10.7. The van der Waals surface area contributed by atoms with Crippen LogP contribution >= 0.6 is 0 Å². The summed E-state index contributed by atoms with van der Waals surface area (Å²) in [4.78, 5) is 14.2. The Morgan fingerprint density at radius 1 is 1.12 bits per heavy atom. The summed E-state index contributed by atoms with van der Waals surface area (Å²) in [6, 6.07) is 13.8. The molecule has 0 amide bonds. The lowest BCUT2D eigenvalue weighted by Gasteiger charge is -1.98. The Kier molecular flexibility index (Phi) is 2.98. The first-order chi connectivity index (χ1) is 7.79. The molecule has 0 atom stereocenters. The molecule has 0 aliphatic heterocycles. The zero-order valence-electron chi connectivity index (χ0n) is 8.46. The molecular weight excluding hydrogens is 204 g/mol. The molecule has 2 aromatic carbocycles. The van der Waals surface area contributed by atoms with Crippen molar-refractivity contribution in [3.63, 3.8) is 0 Å². The molecule has 3 nitrogen and oxygen atoms in total. The van der Waals surface area contributed by atoms with E-state index in [0.29, 0.717) is 0 Å². The summed E-state index contributed by atoms with van der Waals surface area (Å²) in [5.41, 5.74) is 0.879. The van der Waals surface area contributed by atoms with Gasteiger partial charge in [-0.2, -0.15) is 5.26 Å². The van der Waals surface area contributed by atoms with Crippen molar-refractivity contribution in [1.82, 2.24) is 0 Å². The summed E-state index contributed by atoms with van der Waals surface area (Å²) in [6.07, 6.45) is 2.76. The van der Waals surface area contributed by atoms with E-state index in [-0.39, 0.29) is 0 Å². The highest BCUT2D eigenvalue weighted by atomic mass is 17.1. The highest BCUT2D eigenvalue weighted by Gasteiger charge is 1.95. The van der Waals surface area contributed by atoms with Gasteiger partial charge < -0.3 is 0 Å². The third-order valence-electron chi connectivity index (χ3n) is 2.28. The molecule has 2 aromatic rings. The van der Waals surface area contributed by atoms with E-state index >= 15 is 0 Å². The maximum Gasteiger partial charge on any atom is 0.365 e. The molecular formula is C13H10O3. The predicted molar refractivity (Wildman–Crippen MR) is 61.7 cm³/mol. The van der Waals surface area contributed by atoms with Crippen LogP contribution in [0.5, 0.6) is 0 Å². The molecule has 0 aliphatic rings. The average Bonchev–Trinajstić information content (AvgIpc) is 2.35. The van der Waals surface area contributed by atoms with Crippen molar-refractivity contribution in [1.29, 1.82) is 0 Å². The van der Waals surface area contributed by atoms with E-state index in [9.17, 15) is 4.79 Å². The molecule has 0 bridgehead atoms. The van der Waals surface area contributed by atoms with E-state index in [2.05, 4.69) is 4.89 Å². The fourth-order valence-electron chi connectivity index (χ4n) is 1.51. The molecule has 0 fully saturated rings. The van der Waals surface area contributed by atoms with Crippen molar-refractivity contribution in [2.45, 2.75) is 0 Å². The Morgan fingerprint density at radius 2 is 1.88 bits per heavy atom. The monoisotopic (exact) mass is 214 g/mol. The van der Waals surface area contributed by atoms with Crippen LogP contribution in [0.2, 0.25) is 0 Å². The van der Waals surface area contributed by atoms with Gasteiger partial charge in [0.15, 0.2) is 0 Å². The zero-order chi connectivity index (χ0) is 11.4. The standard InChI is InChI=1S/C13H10O3/c14-13(16-15)8-6-10-5-7-11-3-1-2-4-12(11)9-10/h1-9,15H/b8-6+. The Labute approximate surface area is 92.5 Å². The smallest absolute Gasteiger partial charge is 0.296 e. The van der Waals surface area contributed by atoms with Crippen molar-refractivity contribution >= 4 is 22.8 Å². The SMILES string of the molecule is O=C(/C=C/c1ccc2ccccc2c1)OO. The molecule has 3 heteroatoms. The second kappa shape index (κ2) is 4.59. The van der Waals surface area contributed by atoms with Crippen LogP contribution in [-0.4, -0.2) is 11.2 Å². The number of rotatable bonds is 2. The van der Waals surface area contributed by atoms with E-state index in [1.807, 2.05) is 42.5 Å². The Balaban J connectivity index is 2.33. The molecule has 0 saturated heterocycles. The Bertz CT molecular complexity index is 544. The Morgan fingerprint density at radius 3 is 2.62 bits per heavy atom. The average molecular weight is 214 g/mol. The fraction of sp³-hybridized carbons (Fsp3) is 0. The number of carbonyl (C=O) groups is 1. The third kappa shape index (κ3) is 2.27. The molecule has 1 N–H and O–H groups in total. The van der Waals surface area contributed by atoms with Gasteiger partial charge in [-0.3, -0.25) is 4.89 Å². The highest BCUT2D eigenvalue weighted by Crippen LogP contribution is 2.16. The van der Waals surface area contributed by atoms with Crippen LogP contribution < -0.4 is 0 Å². The molecule has 16 heavy (non-hydrogen) atoms. The van der Waals surface area contributed by atoms with E-state index in [0.717, 1.165) is 16.3 Å². The van der Waals surface area contributed by atoms with Crippen LogP contribution in [0.4, 0.5) is 0 Å². The predicted octanol–water partition coefficient (Wildman–Crippen LogP) is 2.87. The normalized spacial score (nSPS) is 10.8. The molecule has 0 spiro atoms. The summed E-state index contributed by atoms with van der Waals surface area (Å²) in [5.74, 6) is -0.784. The minimum Gasteiger partial charge on any atom is -0.296 e. The summed E-state index contributed by atoms with van der Waals surface area (Å²) in [5, 5.41) is 10.3. The minimum atomic E-state index is -0.784. The molecule has 2 rings (SSSR count). The lowest BCUT2D eigenvalue weighted by molar-refractivity contribution is -0.227. The molecule has 0 unspecified atom stereocenters. The summed E-state index contributed by atoms with van der Waals surface area (Å²) in [7, 11) is 0. The van der Waals surface area contributed by atoms with Gasteiger partial charge in [-0.15, -0.1) is 0 Å². The van der Waals surface area contributed by atoms with Crippen LogP contribution in [0, 0.1) is 0 Å². The summed E-state index contributed by atoms with van der Waals surface area (Å²) >= 11 is 0. The first-order valence-electron chi connectivity index (χ1n) is 4.82. The molecule has 0 aliphatic carbocycles. The molecule has 0 heterocycles. The quantitative estimate of drug-likeness (QED) is 0.475. The van der Waals surface area contributed by atoms with E-state index in [1.54, 1.807) is 6.08 Å².